The number of benzene rings is 2. The van der Waals surface area contributed by atoms with Crippen LogP contribution in [-0.2, 0) is 4.79 Å². The van der Waals surface area contributed by atoms with E-state index in [0.717, 1.165) is 22.4 Å². The number of rotatable bonds is 6. The molecule has 0 bridgehead atoms. The largest absolute Gasteiger partial charge is 0.491 e. The molecule has 2 aromatic rings. The maximum atomic E-state index is 12.3. The first-order valence-corrected chi connectivity index (χ1v) is 9.22. The van der Waals surface area contributed by atoms with Gasteiger partial charge in [-0.2, -0.15) is 0 Å². The molecule has 2 saturated heterocycles. The van der Waals surface area contributed by atoms with Crippen molar-refractivity contribution in [1.29, 1.82) is 0 Å². The van der Waals surface area contributed by atoms with Crippen LogP contribution < -0.4 is 4.74 Å². The minimum Gasteiger partial charge on any atom is -0.491 e. The first kappa shape index (κ1) is 17.5. The zero-order valence-corrected chi connectivity index (χ0v) is 15.0. The highest BCUT2D eigenvalue weighted by molar-refractivity contribution is 6.04. The van der Waals surface area contributed by atoms with Gasteiger partial charge in [-0.05, 0) is 36.1 Å². The lowest BCUT2D eigenvalue weighted by Crippen LogP contribution is -2.41. The van der Waals surface area contributed by atoms with E-state index in [1.54, 1.807) is 4.90 Å². The predicted molar refractivity (Wildman–Crippen MR) is 100 cm³/mol. The second-order valence-corrected chi connectivity index (χ2v) is 6.94. The van der Waals surface area contributed by atoms with Crippen molar-refractivity contribution >= 4 is 11.9 Å². The molecule has 0 spiro atoms. The van der Waals surface area contributed by atoms with Gasteiger partial charge in [0.15, 0.2) is 0 Å². The Kier molecular flexibility index (Phi) is 4.81. The normalized spacial score (nSPS) is 20.1. The number of carbonyl (C=O) groups excluding carboxylic acids is 2. The van der Waals surface area contributed by atoms with Gasteiger partial charge in [0.1, 0.15) is 24.5 Å². The Balaban J connectivity index is 1.31. The molecule has 0 saturated carbocycles. The molecule has 0 aromatic heterocycles. The third kappa shape index (κ3) is 3.53. The molecule has 2 unspecified atom stereocenters. The summed E-state index contributed by atoms with van der Waals surface area (Å²) in [6.07, 6.45) is 0.647. The van der Waals surface area contributed by atoms with Crippen molar-refractivity contribution in [1.82, 2.24) is 9.80 Å². The molecule has 2 aliphatic heterocycles. The highest BCUT2D eigenvalue weighted by Gasteiger charge is 2.47. The van der Waals surface area contributed by atoms with Gasteiger partial charge in [0, 0.05) is 6.54 Å². The molecule has 2 aliphatic rings. The first-order chi connectivity index (χ1) is 13.1. The Morgan fingerprint density at radius 3 is 2.44 bits per heavy atom. The number of ether oxygens (including phenoxy) is 1. The molecule has 6 heteroatoms. The van der Waals surface area contributed by atoms with E-state index in [0.29, 0.717) is 18.7 Å². The highest BCUT2D eigenvalue weighted by atomic mass is 16.5. The van der Waals surface area contributed by atoms with Crippen LogP contribution in [0.2, 0.25) is 0 Å². The number of aliphatic hydroxyl groups is 1. The Morgan fingerprint density at radius 2 is 1.74 bits per heavy atom. The molecule has 2 heterocycles. The summed E-state index contributed by atoms with van der Waals surface area (Å²) in [5, 5.41) is 10.2. The number of imide groups is 1. The Hall–Kier alpha value is -2.86. The lowest BCUT2D eigenvalue weighted by molar-refractivity contribution is -0.129. The number of aliphatic hydroxyl groups excluding tert-OH is 1. The van der Waals surface area contributed by atoms with Crippen molar-refractivity contribution in [3.8, 4) is 16.9 Å². The molecule has 0 radical (unpaired) electrons. The molecular weight excluding hydrogens is 344 g/mol. The van der Waals surface area contributed by atoms with Gasteiger partial charge in [-0.1, -0.05) is 42.5 Å². The average molecular weight is 366 g/mol. The van der Waals surface area contributed by atoms with Gasteiger partial charge in [-0.3, -0.25) is 9.69 Å². The fourth-order valence-electron chi connectivity index (χ4n) is 3.68. The van der Waals surface area contributed by atoms with Crippen molar-refractivity contribution in [3.05, 3.63) is 54.6 Å². The molecule has 3 amide bonds. The number of fused-ring (bicyclic) bond motifs is 1. The minimum atomic E-state index is -0.924. The van der Waals surface area contributed by atoms with Crippen LogP contribution in [0.25, 0.3) is 11.1 Å². The summed E-state index contributed by atoms with van der Waals surface area (Å²) in [6, 6.07) is 17.0. The molecular formula is C21H22N2O4. The van der Waals surface area contributed by atoms with Crippen LogP contribution in [0.3, 0.4) is 0 Å². The molecule has 2 atom stereocenters. The van der Waals surface area contributed by atoms with E-state index in [1.807, 2.05) is 54.6 Å². The first-order valence-electron chi connectivity index (χ1n) is 9.22. The van der Waals surface area contributed by atoms with Crippen LogP contribution in [0.4, 0.5) is 4.79 Å². The quantitative estimate of drug-likeness (QED) is 0.798. The fourth-order valence-corrected chi connectivity index (χ4v) is 3.68. The average Bonchev–Trinajstić information content (AvgIpc) is 3.27. The second-order valence-electron chi connectivity index (χ2n) is 6.94. The van der Waals surface area contributed by atoms with Crippen LogP contribution in [0.1, 0.15) is 12.8 Å². The van der Waals surface area contributed by atoms with Crippen LogP contribution in [0.15, 0.2) is 54.6 Å². The summed E-state index contributed by atoms with van der Waals surface area (Å²) in [5.74, 6) is 0.428. The molecule has 2 aromatic carbocycles. The molecule has 6 nitrogen and oxygen atoms in total. The second kappa shape index (κ2) is 7.40. The highest BCUT2D eigenvalue weighted by Crippen LogP contribution is 2.27. The Labute approximate surface area is 158 Å². The smallest absolute Gasteiger partial charge is 0.327 e. The van der Waals surface area contributed by atoms with Crippen LogP contribution in [0, 0.1) is 0 Å². The monoisotopic (exact) mass is 366 g/mol. The van der Waals surface area contributed by atoms with Gasteiger partial charge in [-0.25, -0.2) is 4.79 Å². The Morgan fingerprint density at radius 1 is 1.04 bits per heavy atom. The summed E-state index contributed by atoms with van der Waals surface area (Å²) in [7, 11) is 0. The fraction of sp³-hybridized carbons (Fsp3) is 0.333. The van der Waals surface area contributed by atoms with Gasteiger partial charge >= 0.3 is 6.03 Å². The van der Waals surface area contributed by atoms with Crippen molar-refractivity contribution in [2.24, 2.45) is 0 Å². The number of nitrogens with zero attached hydrogens (tertiary/aromatic N) is 2. The number of amides is 3. The molecule has 0 aliphatic carbocycles. The third-order valence-electron chi connectivity index (χ3n) is 5.08. The van der Waals surface area contributed by atoms with Gasteiger partial charge in [-0.15, -0.1) is 0 Å². The van der Waals surface area contributed by atoms with Gasteiger partial charge in [0.2, 0.25) is 0 Å². The zero-order chi connectivity index (χ0) is 18.8. The molecule has 1 N–H and O–H groups in total. The van der Waals surface area contributed by atoms with Crippen molar-refractivity contribution in [2.45, 2.75) is 25.0 Å². The number of hydrogen-bond acceptors (Lipinski definition) is 4. The van der Waals surface area contributed by atoms with Gasteiger partial charge in [0.25, 0.3) is 5.91 Å². The van der Waals surface area contributed by atoms with E-state index in [9.17, 15) is 14.7 Å². The molecule has 2 fully saturated rings. The minimum absolute atomic E-state index is 0.0202. The summed E-state index contributed by atoms with van der Waals surface area (Å²) in [5.41, 5.74) is 2.20. The lowest BCUT2D eigenvalue weighted by atomic mass is 10.1. The summed E-state index contributed by atoms with van der Waals surface area (Å²) in [4.78, 5) is 27.3. The van der Waals surface area contributed by atoms with E-state index in [-0.39, 0.29) is 31.1 Å². The standard InChI is InChI=1S/C21H22N2O4/c24-17(13-23-20(25)19-7-4-12-22(19)21(23)26)14-27-18-10-8-16(9-11-18)15-5-2-1-3-6-15/h1-3,5-6,8-11,17,19,24H,4,7,12-14H2. The van der Waals surface area contributed by atoms with E-state index >= 15 is 0 Å². The summed E-state index contributed by atoms with van der Waals surface area (Å²) >= 11 is 0. The van der Waals surface area contributed by atoms with Crippen molar-refractivity contribution in [3.63, 3.8) is 0 Å². The SMILES string of the molecule is O=C1C2CCCN2C(=O)N1CC(O)COc1ccc(-c2ccccc2)cc1. The summed E-state index contributed by atoms with van der Waals surface area (Å²) < 4.78 is 5.62. The molecule has 27 heavy (non-hydrogen) atoms. The maximum Gasteiger partial charge on any atom is 0.327 e. The van der Waals surface area contributed by atoms with Crippen molar-refractivity contribution in [2.75, 3.05) is 19.7 Å². The van der Waals surface area contributed by atoms with E-state index in [4.69, 9.17) is 4.74 Å². The van der Waals surface area contributed by atoms with Crippen molar-refractivity contribution < 1.29 is 19.4 Å². The maximum absolute atomic E-state index is 12.3. The third-order valence-corrected chi connectivity index (χ3v) is 5.08. The van der Waals surface area contributed by atoms with Crippen LogP contribution in [-0.4, -0.2) is 58.7 Å². The van der Waals surface area contributed by atoms with Crippen LogP contribution in [0.5, 0.6) is 5.75 Å². The Bertz CT molecular complexity index is 800. The predicted octanol–water partition coefficient (Wildman–Crippen LogP) is 2.52. The van der Waals surface area contributed by atoms with Gasteiger partial charge in [0.05, 0.1) is 6.54 Å². The van der Waals surface area contributed by atoms with Crippen LogP contribution >= 0.6 is 0 Å². The number of carbonyl (C=O) groups is 2. The molecule has 4 rings (SSSR count). The lowest BCUT2D eigenvalue weighted by Gasteiger charge is -2.19. The van der Waals surface area contributed by atoms with Gasteiger partial charge < -0.3 is 14.7 Å². The van der Waals surface area contributed by atoms with E-state index in [1.165, 1.54) is 0 Å². The number of hydrogen-bond donors (Lipinski definition) is 1. The molecule has 140 valence electrons. The number of urea groups is 1. The topological polar surface area (TPSA) is 70.1 Å². The van der Waals surface area contributed by atoms with E-state index < -0.39 is 6.10 Å². The van der Waals surface area contributed by atoms with E-state index in [2.05, 4.69) is 0 Å². The zero-order valence-electron chi connectivity index (χ0n) is 15.0. The summed E-state index contributed by atoms with van der Waals surface area (Å²) in [6.45, 7) is 0.602. The number of β-amino-alcohol motifs (C(OH)–C–C–N with tert-alkyl or cyclic N) is 1.